The minimum Gasteiger partial charge on any atom is -0.482 e. The average molecular weight is 249 g/mol. The highest BCUT2D eigenvalue weighted by Crippen LogP contribution is 2.32. The van der Waals surface area contributed by atoms with E-state index in [2.05, 4.69) is 29.6 Å². The number of nitrogens with zero attached hydrogens (tertiary/aromatic N) is 1. The lowest BCUT2D eigenvalue weighted by Crippen LogP contribution is -2.28. The van der Waals surface area contributed by atoms with Gasteiger partial charge in [-0.25, -0.2) is 4.79 Å². The standard InChI is InChI=1S/C14H19NO3/c1-10(2)15-7-6-11-4-5-12(8-13(11)15)18-9-14(16)17-3/h4-5,8,10H,6-7,9H2,1-3H3. The van der Waals surface area contributed by atoms with E-state index in [0.717, 1.165) is 13.0 Å². The SMILES string of the molecule is COC(=O)COc1ccc2c(c1)N(C(C)C)CC2. The van der Waals surface area contributed by atoms with Gasteiger partial charge in [0.05, 0.1) is 7.11 Å². The number of anilines is 1. The Kier molecular flexibility index (Phi) is 3.75. The predicted molar refractivity (Wildman–Crippen MR) is 70.1 cm³/mol. The Labute approximate surface area is 107 Å². The van der Waals surface area contributed by atoms with Crippen LogP contribution in [0.4, 0.5) is 5.69 Å². The van der Waals surface area contributed by atoms with Crippen LogP contribution in [0.5, 0.6) is 5.75 Å². The van der Waals surface area contributed by atoms with Gasteiger partial charge in [-0.1, -0.05) is 6.07 Å². The Bertz CT molecular complexity index is 443. The van der Waals surface area contributed by atoms with Gasteiger partial charge in [0, 0.05) is 24.3 Å². The fourth-order valence-electron chi connectivity index (χ4n) is 2.21. The van der Waals surface area contributed by atoms with Gasteiger partial charge in [0.15, 0.2) is 6.61 Å². The maximum absolute atomic E-state index is 11.0. The first kappa shape index (κ1) is 12.7. The van der Waals surface area contributed by atoms with Crippen LogP contribution in [0.25, 0.3) is 0 Å². The van der Waals surface area contributed by atoms with Gasteiger partial charge in [0.1, 0.15) is 5.75 Å². The van der Waals surface area contributed by atoms with E-state index in [4.69, 9.17) is 4.74 Å². The summed E-state index contributed by atoms with van der Waals surface area (Å²) in [5.41, 5.74) is 2.56. The molecule has 0 radical (unpaired) electrons. The highest BCUT2D eigenvalue weighted by molar-refractivity contribution is 5.71. The summed E-state index contributed by atoms with van der Waals surface area (Å²) in [5.74, 6) is 0.350. The molecule has 0 N–H and O–H groups in total. The van der Waals surface area contributed by atoms with Crippen molar-refractivity contribution in [2.24, 2.45) is 0 Å². The average Bonchev–Trinajstić information content (AvgIpc) is 2.78. The molecule has 0 spiro atoms. The Morgan fingerprint density at radius 2 is 2.22 bits per heavy atom. The number of esters is 1. The molecule has 0 amide bonds. The van der Waals surface area contributed by atoms with Crippen molar-refractivity contribution in [3.05, 3.63) is 23.8 Å². The summed E-state index contributed by atoms with van der Waals surface area (Å²) in [6.07, 6.45) is 1.07. The second-order valence-corrected chi connectivity index (χ2v) is 4.69. The lowest BCUT2D eigenvalue weighted by molar-refractivity contribution is -0.142. The molecule has 1 aliphatic rings. The van der Waals surface area contributed by atoms with Crippen LogP contribution in [0.3, 0.4) is 0 Å². The van der Waals surface area contributed by atoms with E-state index in [1.807, 2.05) is 12.1 Å². The van der Waals surface area contributed by atoms with E-state index in [0.29, 0.717) is 11.8 Å². The van der Waals surface area contributed by atoms with Crippen LogP contribution in [0, 0.1) is 0 Å². The third-order valence-electron chi connectivity index (χ3n) is 3.20. The van der Waals surface area contributed by atoms with Crippen LogP contribution in [-0.2, 0) is 16.0 Å². The molecule has 18 heavy (non-hydrogen) atoms. The van der Waals surface area contributed by atoms with E-state index >= 15 is 0 Å². The zero-order valence-corrected chi connectivity index (χ0v) is 11.1. The van der Waals surface area contributed by atoms with Crippen LogP contribution in [0.2, 0.25) is 0 Å². The van der Waals surface area contributed by atoms with Gasteiger partial charge < -0.3 is 14.4 Å². The maximum Gasteiger partial charge on any atom is 0.343 e. The number of hydrogen-bond acceptors (Lipinski definition) is 4. The molecule has 0 unspecified atom stereocenters. The number of fused-ring (bicyclic) bond motifs is 1. The van der Waals surface area contributed by atoms with E-state index < -0.39 is 0 Å². The molecular formula is C14H19NO3. The normalized spacial score (nSPS) is 13.7. The van der Waals surface area contributed by atoms with Gasteiger partial charge in [-0.3, -0.25) is 0 Å². The van der Waals surface area contributed by atoms with Crippen molar-refractivity contribution in [3.63, 3.8) is 0 Å². The summed E-state index contributed by atoms with van der Waals surface area (Å²) < 4.78 is 9.96. The first-order chi connectivity index (χ1) is 8.61. The minimum atomic E-state index is -0.365. The summed E-state index contributed by atoms with van der Waals surface area (Å²) in [5, 5.41) is 0. The fraction of sp³-hybridized carbons (Fsp3) is 0.500. The van der Waals surface area contributed by atoms with Gasteiger partial charge in [0.2, 0.25) is 0 Å². The van der Waals surface area contributed by atoms with Crippen LogP contribution in [0.15, 0.2) is 18.2 Å². The van der Waals surface area contributed by atoms with E-state index in [1.54, 1.807) is 0 Å². The lowest BCUT2D eigenvalue weighted by Gasteiger charge is -2.24. The van der Waals surface area contributed by atoms with Crippen LogP contribution in [0.1, 0.15) is 19.4 Å². The Morgan fingerprint density at radius 1 is 1.44 bits per heavy atom. The number of ether oxygens (including phenoxy) is 2. The number of benzene rings is 1. The quantitative estimate of drug-likeness (QED) is 0.765. The fourth-order valence-corrected chi connectivity index (χ4v) is 2.21. The molecule has 1 aliphatic heterocycles. The Hall–Kier alpha value is -1.71. The van der Waals surface area contributed by atoms with Crippen molar-refractivity contribution in [3.8, 4) is 5.75 Å². The number of hydrogen-bond donors (Lipinski definition) is 0. The molecule has 98 valence electrons. The monoisotopic (exact) mass is 249 g/mol. The largest absolute Gasteiger partial charge is 0.482 e. The molecule has 0 aromatic heterocycles. The Balaban J connectivity index is 2.11. The third kappa shape index (κ3) is 2.58. The van der Waals surface area contributed by atoms with Gasteiger partial charge in [-0.2, -0.15) is 0 Å². The molecule has 0 atom stereocenters. The molecule has 2 rings (SSSR count). The van der Waals surface area contributed by atoms with Crippen LogP contribution >= 0.6 is 0 Å². The molecule has 1 heterocycles. The van der Waals surface area contributed by atoms with Gasteiger partial charge in [-0.05, 0) is 31.9 Å². The number of carbonyl (C=O) groups is 1. The van der Waals surface area contributed by atoms with E-state index in [-0.39, 0.29) is 12.6 Å². The topological polar surface area (TPSA) is 38.8 Å². The van der Waals surface area contributed by atoms with Crippen molar-refractivity contribution < 1.29 is 14.3 Å². The van der Waals surface area contributed by atoms with Crippen molar-refractivity contribution >= 4 is 11.7 Å². The van der Waals surface area contributed by atoms with Crippen molar-refractivity contribution in [2.45, 2.75) is 26.3 Å². The van der Waals surface area contributed by atoms with E-state index in [9.17, 15) is 4.79 Å². The second-order valence-electron chi connectivity index (χ2n) is 4.69. The lowest BCUT2D eigenvalue weighted by atomic mass is 10.1. The highest BCUT2D eigenvalue weighted by Gasteiger charge is 2.21. The summed E-state index contributed by atoms with van der Waals surface area (Å²) >= 11 is 0. The molecule has 4 nitrogen and oxygen atoms in total. The first-order valence-electron chi connectivity index (χ1n) is 6.21. The summed E-state index contributed by atoms with van der Waals surface area (Å²) in [4.78, 5) is 13.4. The number of carbonyl (C=O) groups excluding carboxylic acids is 1. The summed E-state index contributed by atoms with van der Waals surface area (Å²) in [7, 11) is 1.36. The first-order valence-corrected chi connectivity index (χ1v) is 6.21. The highest BCUT2D eigenvalue weighted by atomic mass is 16.6. The minimum absolute atomic E-state index is 0.0447. The van der Waals surface area contributed by atoms with Crippen LogP contribution in [-0.4, -0.2) is 32.3 Å². The number of rotatable bonds is 4. The maximum atomic E-state index is 11.0. The van der Waals surface area contributed by atoms with Crippen LogP contribution < -0.4 is 9.64 Å². The van der Waals surface area contributed by atoms with Gasteiger partial charge >= 0.3 is 5.97 Å². The zero-order chi connectivity index (χ0) is 13.1. The molecule has 1 aromatic rings. The molecular weight excluding hydrogens is 230 g/mol. The smallest absolute Gasteiger partial charge is 0.343 e. The molecule has 4 heteroatoms. The van der Waals surface area contributed by atoms with Crippen molar-refractivity contribution in [1.29, 1.82) is 0 Å². The molecule has 1 aromatic carbocycles. The van der Waals surface area contributed by atoms with Crippen molar-refractivity contribution in [2.75, 3.05) is 25.2 Å². The summed E-state index contributed by atoms with van der Waals surface area (Å²) in [6, 6.07) is 6.46. The molecule has 0 fully saturated rings. The second kappa shape index (κ2) is 5.29. The predicted octanol–water partition coefficient (Wildman–Crippen LogP) is 2.01. The Morgan fingerprint density at radius 3 is 2.89 bits per heavy atom. The molecule has 0 bridgehead atoms. The van der Waals surface area contributed by atoms with E-state index in [1.165, 1.54) is 18.4 Å². The third-order valence-corrected chi connectivity index (χ3v) is 3.20. The molecule has 0 aliphatic carbocycles. The molecule has 0 saturated heterocycles. The zero-order valence-electron chi connectivity index (χ0n) is 11.1. The molecule has 0 saturated carbocycles. The summed E-state index contributed by atoms with van der Waals surface area (Å²) in [6.45, 7) is 5.36. The van der Waals surface area contributed by atoms with Gasteiger partial charge in [0.25, 0.3) is 0 Å². The van der Waals surface area contributed by atoms with Gasteiger partial charge in [-0.15, -0.1) is 0 Å². The number of methoxy groups -OCH3 is 1. The van der Waals surface area contributed by atoms with Crippen molar-refractivity contribution in [1.82, 2.24) is 0 Å².